The van der Waals surface area contributed by atoms with E-state index in [1.807, 2.05) is 18.0 Å². The Morgan fingerprint density at radius 3 is 2.48 bits per heavy atom. The predicted molar refractivity (Wildman–Crippen MR) is 153 cm³/mol. The molecule has 3 aromatic rings. The summed E-state index contributed by atoms with van der Waals surface area (Å²) in [6.07, 6.45) is -0.859. The highest BCUT2D eigenvalue weighted by Crippen LogP contribution is 2.34. The number of nitrogens with zero attached hydrogens (tertiary/aromatic N) is 3. The first-order chi connectivity index (χ1) is 20.0. The zero-order chi connectivity index (χ0) is 30.0. The number of nitrogens with one attached hydrogen (secondary N) is 1. The molecule has 42 heavy (non-hydrogen) atoms. The van der Waals surface area contributed by atoms with Crippen LogP contribution in [0.15, 0.2) is 54.2 Å². The third kappa shape index (κ3) is 6.94. The van der Waals surface area contributed by atoms with Crippen LogP contribution >= 0.6 is 0 Å². The Morgan fingerprint density at radius 1 is 1.00 bits per heavy atom. The van der Waals surface area contributed by atoms with E-state index in [0.717, 1.165) is 30.4 Å². The van der Waals surface area contributed by atoms with Crippen molar-refractivity contribution in [3.05, 3.63) is 99.1 Å². The number of anilines is 1. The molecular formula is C32H32F4N4O2. The van der Waals surface area contributed by atoms with E-state index in [0.29, 0.717) is 41.9 Å². The van der Waals surface area contributed by atoms with Gasteiger partial charge in [-0.05, 0) is 54.9 Å². The fourth-order valence-corrected chi connectivity index (χ4v) is 5.28. The fourth-order valence-electron chi connectivity index (χ4n) is 5.28. The molecule has 0 radical (unpaired) electrons. The number of allylic oxidation sites excluding steroid dienone is 1. The van der Waals surface area contributed by atoms with Crippen LogP contribution in [0.1, 0.15) is 50.8 Å². The highest BCUT2D eigenvalue weighted by atomic mass is 19.4. The summed E-state index contributed by atoms with van der Waals surface area (Å²) in [6.45, 7) is 4.72. The lowest BCUT2D eigenvalue weighted by molar-refractivity contribution is -0.138. The fraction of sp³-hybridized carbons (Fsp3) is 0.344. The van der Waals surface area contributed by atoms with Gasteiger partial charge in [0.2, 0.25) is 0 Å². The minimum absolute atomic E-state index is 0.00725. The van der Waals surface area contributed by atoms with Gasteiger partial charge >= 0.3 is 6.18 Å². The second-order valence-corrected chi connectivity index (χ2v) is 11.0. The van der Waals surface area contributed by atoms with Gasteiger partial charge in [0.1, 0.15) is 5.82 Å². The number of pyridine rings is 1. The molecular weight excluding hydrogens is 548 g/mol. The van der Waals surface area contributed by atoms with Gasteiger partial charge in [0, 0.05) is 68.8 Å². The van der Waals surface area contributed by atoms with Crippen LogP contribution in [0, 0.1) is 5.82 Å². The second-order valence-electron chi connectivity index (χ2n) is 11.0. The highest BCUT2D eigenvalue weighted by Gasteiger charge is 2.34. The third-order valence-electron chi connectivity index (χ3n) is 7.83. The number of benzene rings is 2. The van der Waals surface area contributed by atoms with Crippen molar-refractivity contribution < 1.29 is 27.2 Å². The average molecular weight is 581 g/mol. The number of hydrogen-bond acceptors (Lipinski definition) is 6. The molecule has 1 aromatic heterocycles. The molecule has 10 heteroatoms. The predicted octanol–water partition coefficient (Wildman–Crippen LogP) is 5.55. The van der Waals surface area contributed by atoms with E-state index in [4.69, 9.17) is 0 Å². The highest BCUT2D eigenvalue weighted by molar-refractivity contribution is 6.00. The van der Waals surface area contributed by atoms with E-state index >= 15 is 0 Å². The molecule has 1 aliphatic carbocycles. The van der Waals surface area contributed by atoms with Gasteiger partial charge in [-0.25, -0.2) is 4.39 Å². The molecule has 1 aliphatic heterocycles. The van der Waals surface area contributed by atoms with Gasteiger partial charge in [0.15, 0.2) is 11.6 Å². The number of carbonyl (C=O) groups excluding carboxylic acids is 2. The van der Waals surface area contributed by atoms with Crippen molar-refractivity contribution in [2.45, 2.75) is 39.0 Å². The molecule has 0 atom stereocenters. The maximum atomic E-state index is 14.6. The summed E-state index contributed by atoms with van der Waals surface area (Å²) in [5.41, 5.74) is 3.08. The number of fused-ring (bicyclic) bond motifs is 1. The topological polar surface area (TPSA) is 65.5 Å². The summed E-state index contributed by atoms with van der Waals surface area (Å²) >= 11 is 0. The van der Waals surface area contributed by atoms with Crippen molar-refractivity contribution in [3.8, 4) is 0 Å². The minimum atomic E-state index is -4.59. The first kappa shape index (κ1) is 29.6. The molecule has 0 amide bonds. The number of aromatic nitrogens is 1. The molecule has 0 saturated carbocycles. The first-order valence-corrected chi connectivity index (χ1v) is 13.8. The molecule has 1 saturated heterocycles. The molecule has 0 spiro atoms. The lowest BCUT2D eigenvalue weighted by Crippen LogP contribution is -2.44. The van der Waals surface area contributed by atoms with E-state index in [-0.39, 0.29) is 36.4 Å². The zero-order valence-corrected chi connectivity index (χ0v) is 23.5. The summed E-state index contributed by atoms with van der Waals surface area (Å²) in [7, 11) is 1.98. The smallest absolute Gasteiger partial charge is 0.380 e. The molecule has 5 rings (SSSR count). The van der Waals surface area contributed by atoms with Crippen molar-refractivity contribution in [1.82, 2.24) is 14.8 Å². The number of ketones is 2. The SMILES string of the molecule is CC(=O)C1=Cc2cc(NCc3cc(CC(=O)c4ccc(CN5CCN(C)CC5)c(C(F)(F)F)c4)ccc3F)cnc2C1. The number of rotatable bonds is 9. The van der Waals surface area contributed by atoms with Crippen LogP contribution in [-0.2, 0) is 36.9 Å². The second kappa shape index (κ2) is 12.1. The molecule has 1 N–H and O–H groups in total. The lowest BCUT2D eigenvalue weighted by Gasteiger charge is -2.33. The van der Waals surface area contributed by atoms with E-state index in [9.17, 15) is 27.2 Å². The molecule has 1 fully saturated rings. The first-order valence-electron chi connectivity index (χ1n) is 13.8. The summed E-state index contributed by atoms with van der Waals surface area (Å²) in [4.78, 5) is 33.2. The standard InChI is InChI=1S/C32H32F4N4O2/c1-20(41)24-13-25-14-27(18-38-30(25)16-24)37-17-26-11-21(3-6-29(26)33)12-31(42)22-4-5-23(28(15-22)32(34,35)36)19-40-9-7-39(2)8-10-40/h3-6,11,13-15,18,37H,7-10,12,16-17,19H2,1-2H3. The number of halogens is 4. The molecule has 2 aromatic carbocycles. The van der Waals surface area contributed by atoms with E-state index < -0.39 is 23.3 Å². The van der Waals surface area contributed by atoms with E-state index in [1.165, 1.54) is 31.2 Å². The Balaban J connectivity index is 1.27. The Morgan fingerprint density at radius 2 is 1.76 bits per heavy atom. The van der Waals surface area contributed by atoms with Crippen molar-refractivity contribution >= 4 is 23.3 Å². The van der Waals surface area contributed by atoms with E-state index in [2.05, 4.69) is 15.2 Å². The van der Waals surface area contributed by atoms with Gasteiger partial charge in [-0.3, -0.25) is 19.5 Å². The molecule has 2 aliphatic rings. The Kier molecular flexibility index (Phi) is 8.56. The van der Waals surface area contributed by atoms with Crippen LogP contribution in [-0.4, -0.2) is 59.6 Å². The lowest BCUT2D eigenvalue weighted by atomic mass is 9.96. The minimum Gasteiger partial charge on any atom is -0.380 e. The normalized spacial score (nSPS) is 15.8. The van der Waals surface area contributed by atoms with Crippen molar-refractivity contribution in [1.29, 1.82) is 0 Å². The Bertz CT molecular complexity index is 1540. The van der Waals surface area contributed by atoms with Crippen molar-refractivity contribution in [2.24, 2.45) is 0 Å². The molecule has 0 unspecified atom stereocenters. The Labute approximate surface area is 242 Å². The molecule has 220 valence electrons. The summed E-state index contributed by atoms with van der Waals surface area (Å²) in [6, 6.07) is 9.88. The largest absolute Gasteiger partial charge is 0.416 e. The van der Waals surface area contributed by atoms with Crippen LogP contribution in [0.25, 0.3) is 6.08 Å². The van der Waals surface area contributed by atoms with E-state index in [1.54, 1.807) is 18.3 Å². The van der Waals surface area contributed by atoms with Gasteiger partial charge in [0.25, 0.3) is 0 Å². The van der Waals surface area contributed by atoms with Gasteiger partial charge in [-0.15, -0.1) is 0 Å². The monoisotopic (exact) mass is 580 g/mol. The maximum absolute atomic E-state index is 14.6. The third-order valence-corrected chi connectivity index (χ3v) is 7.83. The average Bonchev–Trinajstić information content (AvgIpc) is 3.38. The number of likely N-dealkylation sites (N-methyl/N-ethyl adjacent to an activating group) is 1. The summed E-state index contributed by atoms with van der Waals surface area (Å²) in [5, 5.41) is 3.12. The molecule has 0 bridgehead atoms. The quantitative estimate of drug-likeness (QED) is 0.265. The van der Waals surface area contributed by atoms with Gasteiger partial charge < -0.3 is 10.2 Å². The number of hydrogen-bond donors (Lipinski definition) is 1. The molecule has 2 heterocycles. The summed E-state index contributed by atoms with van der Waals surface area (Å²) in [5.74, 6) is -0.959. The van der Waals surface area contributed by atoms with Crippen LogP contribution in [0.2, 0.25) is 0 Å². The molecule has 6 nitrogen and oxygen atoms in total. The number of Topliss-reactive ketones (excluding diaryl/α,β-unsaturated/α-hetero) is 2. The number of piperazine rings is 1. The zero-order valence-electron chi connectivity index (χ0n) is 23.5. The van der Waals surface area contributed by atoms with Crippen LogP contribution < -0.4 is 5.32 Å². The summed E-state index contributed by atoms with van der Waals surface area (Å²) < 4.78 is 56.5. The van der Waals surface area contributed by atoms with Crippen molar-refractivity contribution in [2.75, 3.05) is 38.5 Å². The maximum Gasteiger partial charge on any atom is 0.416 e. The van der Waals surface area contributed by atoms with Crippen LogP contribution in [0.4, 0.5) is 23.2 Å². The van der Waals surface area contributed by atoms with Crippen molar-refractivity contribution in [3.63, 3.8) is 0 Å². The number of alkyl halides is 3. The van der Waals surface area contributed by atoms with Gasteiger partial charge in [-0.1, -0.05) is 24.3 Å². The Hall–Kier alpha value is -3.89. The van der Waals surface area contributed by atoms with Crippen LogP contribution in [0.5, 0.6) is 0 Å². The van der Waals surface area contributed by atoms with Gasteiger partial charge in [0.05, 0.1) is 23.1 Å². The number of carbonyl (C=O) groups is 2. The van der Waals surface area contributed by atoms with Gasteiger partial charge in [-0.2, -0.15) is 13.2 Å². The van der Waals surface area contributed by atoms with Crippen LogP contribution in [0.3, 0.4) is 0 Å².